The van der Waals surface area contributed by atoms with Crippen molar-refractivity contribution < 1.29 is 0 Å². The Balaban J connectivity index is 1.61. The summed E-state index contributed by atoms with van der Waals surface area (Å²) in [7, 11) is 0. The Labute approximate surface area is 111 Å². The monoisotopic (exact) mass is 255 g/mol. The largest absolute Gasteiger partial charge is 0.365 e. The molecule has 1 aliphatic rings. The molecule has 0 spiro atoms. The second kappa shape index (κ2) is 5.26. The molecule has 1 aliphatic carbocycles. The lowest BCUT2D eigenvalue weighted by Crippen LogP contribution is -2.17. The molecule has 0 fully saturated rings. The van der Waals surface area contributed by atoms with E-state index in [1.54, 1.807) is 6.20 Å². The normalized spacial score (nSPS) is 13.3. The van der Waals surface area contributed by atoms with Gasteiger partial charge in [-0.15, -0.1) is 0 Å². The highest BCUT2D eigenvalue weighted by Crippen LogP contribution is 2.22. The minimum absolute atomic E-state index is 0.170. The van der Waals surface area contributed by atoms with Gasteiger partial charge in [0.1, 0.15) is 0 Å². The van der Waals surface area contributed by atoms with Crippen LogP contribution in [0.3, 0.4) is 0 Å². The molecule has 0 saturated heterocycles. The molecule has 19 heavy (non-hydrogen) atoms. The quantitative estimate of drug-likeness (QED) is 0.877. The highest BCUT2D eigenvalue weighted by molar-refractivity contribution is 5.36. The minimum atomic E-state index is -0.170. The fraction of sp³-hybridized carbons (Fsp3) is 0.333. The third-order valence-corrected chi connectivity index (χ3v) is 3.58. The van der Waals surface area contributed by atoms with Gasteiger partial charge in [-0.2, -0.15) is 0 Å². The number of anilines is 1. The number of rotatable bonds is 4. The maximum absolute atomic E-state index is 11.4. The molecule has 0 amide bonds. The SMILES string of the molecule is O=c1[nH]ccnc1NCCc1ccc2c(c1)CCC2. The topological polar surface area (TPSA) is 57.8 Å². The number of fused-ring (bicyclic) bond motifs is 1. The molecule has 2 N–H and O–H groups in total. The van der Waals surface area contributed by atoms with Crippen molar-refractivity contribution in [1.82, 2.24) is 9.97 Å². The van der Waals surface area contributed by atoms with E-state index in [0.29, 0.717) is 5.82 Å². The molecule has 1 aromatic carbocycles. The fourth-order valence-corrected chi connectivity index (χ4v) is 2.58. The minimum Gasteiger partial charge on any atom is -0.365 e. The second-order valence-corrected chi connectivity index (χ2v) is 4.90. The molecule has 0 saturated carbocycles. The number of hydrogen-bond donors (Lipinski definition) is 2. The number of aryl methyl sites for hydroxylation is 2. The van der Waals surface area contributed by atoms with Crippen LogP contribution in [0.5, 0.6) is 0 Å². The van der Waals surface area contributed by atoms with Crippen molar-refractivity contribution in [3.63, 3.8) is 0 Å². The summed E-state index contributed by atoms with van der Waals surface area (Å²) in [6.07, 6.45) is 7.73. The molecule has 0 atom stereocenters. The summed E-state index contributed by atoms with van der Waals surface area (Å²) in [6, 6.07) is 6.73. The van der Waals surface area contributed by atoms with Crippen molar-refractivity contribution in [1.29, 1.82) is 0 Å². The smallest absolute Gasteiger partial charge is 0.290 e. The van der Waals surface area contributed by atoms with Gasteiger partial charge in [-0.05, 0) is 42.4 Å². The number of nitrogens with zero attached hydrogens (tertiary/aromatic N) is 1. The van der Waals surface area contributed by atoms with Crippen molar-refractivity contribution >= 4 is 5.82 Å². The summed E-state index contributed by atoms with van der Waals surface area (Å²) in [5.41, 5.74) is 4.14. The predicted octanol–water partition coefficient (Wildman–Crippen LogP) is 1.91. The molecule has 1 heterocycles. The van der Waals surface area contributed by atoms with Gasteiger partial charge in [0.25, 0.3) is 5.56 Å². The molecule has 1 aromatic heterocycles. The van der Waals surface area contributed by atoms with Crippen molar-refractivity contribution in [2.45, 2.75) is 25.7 Å². The number of nitrogens with one attached hydrogen (secondary N) is 2. The van der Waals surface area contributed by atoms with Gasteiger partial charge in [-0.25, -0.2) is 4.98 Å². The summed E-state index contributed by atoms with van der Waals surface area (Å²) >= 11 is 0. The predicted molar refractivity (Wildman–Crippen MR) is 75.5 cm³/mol. The van der Waals surface area contributed by atoms with Crippen molar-refractivity contribution in [3.8, 4) is 0 Å². The van der Waals surface area contributed by atoms with Gasteiger partial charge in [-0.1, -0.05) is 18.2 Å². The zero-order chi connectivity index (χ0) is 13.1. The number of benzene rings is 1. The molecular formula is C15H17N3O. The van der Waals surface area contributed by atoms with E-state index in [9.17, 15) is 4.79 Å². The highest BCUT2D eigenvalue weighted by atomic mass is 16.1. The van der Waals surface area contributed by atoms with Crippen LogP contribution >= 0.6 is 0 Å². The van der Waals surface area contributed by atoms with Crippen LogP contribution < -0.4 is 10.9 Å². The van der Waals surface area contributed by atoms with E-state index in [2.05, 4.69) is 33.5 Å². The molecule has 3 rings (SSSR count). The summed E-state index contributed by atoms with van der Waals surface area (Å²) in [5, 5.41) is 3.07. The van der Waals surface area contributed by atoms with Crippen LogP contribution in [0.25, 0.3) is 0 Å². The Kier molecular flexibility index (Phi) is 3.31. The number of hydrogen-bond acceptors (Lipinski definition) is 3. The molecule has 98 valence electrons. The molecule has 0 bridgehead atoms. The maximum atomic E-state index is 11.4. The summed E-state index contributed by atoms with van der Waals surface area (Å²) in [4.78, 5) is 18.0. The molecule has 0 aliphatic heterocycles. The van der Waals surface area contributed by atoms with Crippen molar-refractivity contribution in [2.75, 3.05) is 11.9 Å². The van der Waals surface area contributed by atoms with Crippen LogP contribution in [0.15, 0.2) is 35.4 Å². The Bertz CT molecular complexity index is 633. The number of H-pyrrole nitrogens is 1. The van der Waals surface area contributed by atoms with Gasteiger partial charge in [0.2, 0.25) is 0 Å². The van der Waals surface area contributed by atoms with E-state index >= 15 is 0 Å². The van der Waals surface area contributed by atoms with Crippen LogP contribution in [0.4, 0.5) is 5.82 Å². The molecule has 4 nitrogen and oxygen atoms in total. The average Bonchev–Trinajstić information content (AvgIpc) is 2.88. The van der Waals surface area contributed by atoms with Gasteiger partial charge < -0.3 is 10.3 Å². The van der Waals surface area contributed by atoms with Crippen LogP contribution in [-0.2, 0) is 19.3 Å². The Hall–Kier alpha value is -2.10. The first kappa shape index (κ1) is 12.0. The summed E-state index contributed by atoms with van der Waals surface area (Å²) < 4.78 is 0. The molecule has 0 unspecified atom stereocenters. The summed E-state index contributed by atoms with van der Waals surface area (Å²) in [6.45, 7) is 0.721. The van der Waals surface area contributed by atoms with E-state index in [0.717, 1.165) is 13.0 Å². The zero-order valence-corrected chi connectivity index (χ0v) is 10.8. The van der Waals surface area contributed by atoms with Gasteiger partial charge in [-0.3, -0.25) is 4.79 Å². The lowest BCUT2D eigenvalue weighted by atomic mass is 10.0. The van der Waals surface area contributed by atoms with E-state index in [1.807, 2.05) is 0 Å². The zero-order valence-electron chi connectivity index (χ0n) is 10.8. The van der Waals surface area contributed by atoms with Gasteiger partial charge in [0, 0.05) is 18.9 Å². The van der Waals surface area contributed by atoms with Crippen LogP contribution in [0, 0.1) is 0 Å². The van der Waals surface area contributed by atoms with Crippen molar-refractivity contribution in [2.24, 2.45) is 0 Å². The average molecular weight is 255 g/mol. The number of aromatic amines is 1. The van der Waals surface area contributed by atoms with Gasteiger partial charge in [0.15, 0.2) is 5.82 Å². The fourth-order valence-electron chi connectivity index (χ4n) is 2.58. The van der Waals surface area contributed by atoms with Crippen LogP contribution in [-0.4, -0.2) is 16.5 Å². The Morgan fingerprint density at radius 2 is 2.16 bits per heavy atom. The van der Waals surface area contributed by atoms with E-state index < -0.39 is 0 Å². The lowest BCUT2D eigenvalue weighted by molar-refractivity contribution is 0.911. The third kappa shape index (κ3) is 2.67. The Morgan fingerprint density at radius 1 is 1.26 bits per heavy atom. The van der Waals surface area contributed by atoms with E-state index in [1.165, 1.54) is 42.1 Å². The van der Waals surface area contributed by atoms with Gasteiger partial charge >= 0.3 is 0 Å². The molecule has 0 radical (unpaired) electrons. The molecule has 4 heteroatoms. The number of aromatic nitrogens is 2. The van der Waals surface area contributed by atoms with Gasteiger partial charge in [0.05, 0.1) is 0 Å². The summed E-state index contributed by atoms with van der Waals surface area (Å²) in [5.74, 6) is 0.392. The van der Waals surface area contributed by atoms with Crippen LogP contribution in [0.1, 0.15) is 23.1 Å². The first-order chi connectivity index (χ1) is 9.33. The Morgan fingerprint density at radius 3 is 3.05 bits per heavy atom. The molecular weight excluding hydrogens is 238 g/mol. The van der Waals surface area contributed by atoms with Crippen LogP contribution in [0.2, 0.25) is 0 Å². The standard InChI is InChI=1S/C15H17N3O/c19-15-14(17-8-9-18-15)16-7-6-11-4-5-12-2-1-3-13(12)10-11/h4-5,8-10H,1-3,6-7H2,(H,16,17)(H,18,19). The first-order valence-electron chi connectivity index (χ1n) is 6.71. The first-order valence-corrected chi connectivity index (χ1v) is 6.71. The third-order valence-electron chi connectivity index (χ3n) is 3.58. The lowest BCUT2D eigenvalue weighted by Gasteiger charge is -2.06. The van der Waals surface area contributed by atoms with Crippen molar-refractivity contribution in [3.05, 3.63) is 57.6 Å². The maximum Gasteiger partial charge on any atom is 0.290 e. The molecule has 2 aromatic rings. The van der Waals surface area contributed by atoms with E-state index in [-0.39, 0.29) is 5.56 Å². The second-order valence-electron chi connectivity index (χ2n) is 4.90. The highest BCUT2D eigenvalue weighted by Gasteiger charge is 2.10. The van der Waals surface area contributed by atoms with E-state index in [4.69, 9.17) is 0 Å².